The molecule has 0 aromatic heterocycles. The maximum absolute atomic E-state index is 13.3. The van der Waals surface area contributed by atoms with Gasteiger partial charge < -0.3 is 19.7 Å². The summed E-state index contributed by atoms with van der Waals surface area (Å²) in [5.74, 6) is 0.492. The Morgan fingerprint density at radius 3 is 2.56 bits per heavy atom. The molecule has 0 spiro atoms. The van der Waals surface area contributed by atoms with Crippen LogP contribution in [0.2, 0.25) is 5.02 Å². The minimum absolute atomic E-state index is 0.0480. The Bertz CT molecular complexity index is 1190. The van der Waals surface area contributed by atoms with Crippen LogP contribution in [0.3, 0.4) is 0 Å². The van der Waals surface area contributed by atoms with E-state index < -0.39 is 16.1 Å². The molecule has 0 unspecified atom stereocenters. The van der Waals surface area contributed by atoms with Crippen LogP contribution in [0.25, 0.3) is 0 Å². The third kappa shape index (κ3) is 7.04. The lowest BCUT2D eigenvalue weighted by Gasteiger charge is -2.29. The number of hydrogen-bond acceptors (Lipinski definition) is 6. The lowest BCUT2D eigenvalue weighted by molar-refractivity contribution is -0.140. The Kier molecular flexibility index (Phi) is 9.44. The Morgan fingerprint density at radius 1 is 1.14 bits per heavy atom. The van der Waals surface area contributed by atoms with Gasteiger partial charge in [-0.05, 0) is 43.5 Å². The summed E-state index contributed by atoms with van der Waals surface area (Å²) in [6.07, 6.45) is 2.19. The first-order valence-corrected chi connectivity index (χ1v) is 14.0. The molecule has 1 heterocycles. The van der Waals surface area contributed by atoms with Gasteiger partial charge in [-0.3, -0.25) is 13.9 Å². The highest BCUT2D eigenvalue weighted by atomic mass is 35.5. The Balaban J connectivity index is 1.73. The molecule has 2 aromatic carbocycles. The maximum Gasteiger partial charge on any atom is 0.242 e. The van der Waals surface area contributed by atoms with Gasteiger partial charge in [0.05, 0.1) is 11.9 Å². The summed E-state index contributed by atoms with van der Waals surface area (Å²) in [7, 11) is -3.62. The monoisotopic (exact) mass is 537 g/mol. The molecule has 11 heteroatoms. The highest BCUT2D eigenvalue weighted by molar-refractivity contribution is 7.92. The molecule has 0 aliphatic carbocycles. The average molecular weight is 538 g/mol. The second-order valence-corrected chi connectivity index (χ2v) is 10.9. The van der Waals surface area contributed by atoms with Crippen LogP contribution in [0, 0.1) is 0 Å². The van der Waals surface area contributed by atoms with Crippen LogP contribution < -0.4 is 19.1 Å². The number of nitrogens with zero attached hydrogens (tertiary/aromatic N) is 2. The summed E-state index contributed by atoms with van der Waals surface area (Å²) in [5, 5.41) is 3.33. The van der Waals surface area contributed by atoms with E-state index in [0.717, 1.165) is 18.2 Å². The van der Waals surface area contributed by atoms with Crippen LogP contribution >= 0.6 is 11.6 Å². The van der Waals surface area contributed by atoms with Crippen molar-refractivity contribution in [1.29, 1.82) is 0 Å². The zero-order chi connectivity index (χ0) is 26.3. The van der Waals surface area contributed by atoms with Gasteiger partial charge in [0.2, 0.25) is 28.6 Å². The van der Waals surface area contributed by atoms with E-state index in [0.29, 0.717) is 28.8 Å². The summed E-state index contributed by atoms with van der Waals surface area (Å²) in [5.41, 5.74) is 1.15. The Labute approximate surface area is 217 Å². The van der Waals surface area contributed by atoms with Crippen molar-refractivity contribution in [2.75, 3.05) is 30.4 Å². The van der Waals surface area contributed by atoms with Crippen molar-refractivity contribution in [2.45, 2.75) is 45.7 Å². The van der Waals surface area contributed by atoms with Gasteiger partial charge in [-0.1, -0.05) is 36.7 Å². The number of nitrogens with one attached hydrogen (secondary N) is 1. The van der Waals surface area contributed by atoms with Gasteiger partial charge in [0.15, 0.2) is 11.5 Å². The number of rotatable bonds is 12. The normalized spacial score (nSPS) is 13.2. The molecule has 1 aliphatic heterocycles. The molecule has 0 bridgehead atoms. The van der Waals surface area contributed by atoms with E-state index in [9.17, 15) is 18.0 Å². The third-order valence-electron chi connectivity index (χ3n) is 5.81. The summed E-state index contributed by atoms with van der Waals surface area (Å²) in [6, 6.07) is 11.3. The van der Waals surface area contributed by atoms with Crippen molar-refractivity contribution < 1.29 is 27.5 Å². The molecule has 0 radical (unpaired) electrons. The molecule has 1 atom stereocenters. The summed E-state index contributed by atoms with van der Waals surface area (Å²) >= 11 is 6.31. The summed E-state index contributed by atoms with van der Waals surface area (Å²) in [4.78, 5) is 27.4. The standard InChI is InChI=1S/C25H32ClN3O6S/c1-4-13-27-25(31)18(2)28(16-19-8-5-6-9-21(19)26)24(30)10-7-14-29(36(3,32)33)20-11-12-22-23(15-20)35-17-34-22/h5-6,8-9,11-12,15,18H,4,7,10,13-14,16-17H2,1-3H3,(H,27,31)/t18-/m0/s1. The topological polar surface area (TPSA) is 105 Å². The highest BCUT2D eigenvalue weighted by Crippen LogP contribution is 2.36. The van der Waals surface area contributed by atoms with Gasteiger partial charge in [-0.15, -0.1) is 0 Å². The maximum atomic E-state index is 13.3. The Hall–Kier alpha value is -2.98. The number of benzene rings is 2. The minimum atomic E-state index is -3.62. The fourth-order valence-corrected chi connectivity index (χ4v) is 4.99. The molecule has 0 fully saturated rings. The second-order valence-electron chi connectivity index (χ2n) is 8.56. The van der Waals surface area contributed by atoms with E-state index in [1.165, 1.54) is 9.21 Å². The molecule has 0 saturated heterocycles. The minimum Gasteiger partial charge on any atom is -0.454 e. The van der Waals surface area contributed by atoms with E-state index in [-0.39, 0.29) is 44.5 Å². The molecule has 2 amide bonds. The first kappa shape index (κ1) is 27.6. The van der Waals surface area contributed by atoms with Gasteiger partial charge in [-0.2, -0.15) is 0 Å². The first-order chi connectivity index (χ1) is 17.1. The van der Waals surface area contributed by atoms with Crippen molar-refractivity contribution >= 4 is 39.1 Å². The van der Waals surface area contributed by atoms with Crippen LogP contribution in [-0.4, -0.2) is 57.3 Å². The number of fused-ring (bicyclic) bond motifs is 1. The van der Waals surface area contributed by atoms with Crippen LogP contribution in [0.4, 0.5) is 5.69 Å². The quantitative estimate of drug-likeness (QED) is 0.444. The predicted molar refractivity (Wildman–Crippen MR) is 139 cm³/mol. The zero-order valence-electron chi connectivity index (χ0n) is 20.7. The molecule has 1 N–H and O–H groups in total. The van der Waals surface area contributed by atoms with Crippen LogP contribution in [0.15, 0.2) is 42.5 Å². The van der Waals surface area contributed by atoms with Crippen molar-refractivity contribution in [1.82, 2.24) is 10.2 Å². The number of hydrogen-bond donors (Lipinski definition) is 1. The van der Waals surface area contributed by atoms with Gasteiger partial charge in [0.25, 0.3) is 0 Å². The molecule has 1 aliphatic rings. The number of anilines is 1. The highest BCUT2D eigenvalue weighted by Gasteiger charge is 2.27. The number of ether oxygens (including phenoxy) is 2. The van der Waals surface area contributed by atoms with Gasteiger partial charge >= 0.3 is 0 Å². The van der Waals surface area contributed by atoms with E-state index in [2.05, 4.69) is 5.32 Å². The van der Waals surface area contributed by atoms with Crippen molar-refractivity contribution in [3.05, 3.63) is 53.1 Å². The van der Waals surface area contributed by atoms with Gasteiger partial charge in [0, 0.05) is 37.1 Å². The van der Waals surface area contributed by atoms with Gasteiger partial charge in [0.1, 0.15) is 6.04 Å². The first-order valence-electron chi connectivity index (χ1n) is 11.8. The summed E-state index contributed by atoms with van der Waals surface area (Å²) < 4.78 is 36.9. The molecule has 196 valence electrons. The molecule has 9 nitrogen and oxygen atoms in total. The van der Waals surface area contributed by atoms with Crippen LogP contribution in [-0.2, 0) is 26.2 Å². The number of carbonyl (C=O) groups excluding carboxylic acids is 2. The SMILES string of the molecule is CCCNC(=O)[C@H](C)N(Cc1ccccc1Cl)C(=O)CCCN(c1ccc2c(c1)OCO2)S(C)(=O)=O. The molecule has 0 saturated carbocycles. The Morgan fingerprint density at radius 2 is 1.86 bits per heavy atom. The number of sulfonamides is 1. The third-order valence-corrected chi connectivity index (χ3v) is 7.37. The number of halogens is 1. The number of amides is 2. The van der Waals surface area contributed by atoms with Crippen molar-refractivity contribution in [3.63, 3.8) is 0 Å². The molecule has 36 heavy (non-hydrogen) atoms. The largest absolute Gasteiger partial charge is 0.454 e. The molecule has 2 aromatic rings. The van der Waals surface area contributed by atoms with Crippen LogP contribution in [0.5, 0.6) is 11.5 Å². The van der Waals surface area contributed by atoms with E-state index in [4.69, 9.17) is 21.1 Å². The lowest BCUT2D eigenvalue weighted by atomic mass is 10.1. The lowest BCUT2D eigenvalue weighted by Crippen LogP contribution is -2.47. The smallest absolute Gasteiger partial charge is 0.242 e. The van der Waals surface area contributed by atoms with Gasteiger partial charge in [-0.25, -0.2) is 8.42 Å². The average Bonchev–Trinajstić information content (AvgIpc) is 3.31. The molecule has 3 rings (SSSR count). The van der Waals surface area contributed by atoms with E-state index >= 15 is 0 Å². The fraction of sp³-hybridized carbons (Fsp3) is 0.440. The predicted octanol–water partition coefficient (Wildman–Crippen LogP) is 3.56. The zero-order valence-corrected chi connectivity index (χ0v) is 22.3. The molecular weight excluding hydrogens is 506 g/mol. The second kappa shape index (κ2) is 12.3. The number of carbonyl (C=O) groups is 2. The molecular formula is C25H32ClN3O6S. The van der Waals surface area contributed by atoms with Crippen LogP contribution in [0.1, 0.15) is 38.7 Å². The summed E-state index contributed by atoms with van der Waals surface area (Å²) in [6.45, 7) is 4.46. The van der Waals surface area contributed by atoms with E-state index in [1.807, 2.05) is 19.1 Å². The van der Waals surface area contributed by atoms with E-state index in [1.54, 1.807) is 37.3 Å². The van der Waals surface area contributed by atoms with Crippen molar-refractivity contribution in [2.24, 2.45) is 0 Å². The van der Waals surface area contributed by atoms with Crippen molar-refractivity contribution in [3.8, 4) is 11.5 Å². The fourth-order valence-electron chi connectivity index (χ4n) is 3.83.